The Morgan fingerprint density at radius 1 is 1.47 bits per heavy atom. The molecular formula is C14H23N3OS. The molecule has 5 heteroatoms. The van der Waals surface area contributed by atoms with Gasteiger partial charge in [0.1, 0.15) is 5.69 Å². The Morgan fingerprint density at radius 3 is 3.26 bits per heavy atom. The monoisotopic (exact) mass is 286 g/mol. The molecule has 2 rings (SSSR count). The summed E-state index contributed by atoms with van der Waals surface area (Å²) < 4.78 is 51.7. The minimum absolute atomic E-state index is 0.314. The highest BCUT2D eigenvalue weighted by Crippen LogP contribution is 2.27. The van der Waals surface area contributed by atoms with Gasteiger partial charge in [0, 0.05) is 19.9 Å². The quantitative estimate of drug-likeness (QED) is 0.721. The molecule has 0 saturated carbocycles. The molecule has 106 valence electrons. The zero-order valence-corrected chi connectivity index (χ0v) is 12.0. The Balaban J connectivity index is 1.90. The first-order chi connectivity index (χ1) is 11.2. The summed E-state index contributed by atoms with van der Waals surface area (Å²) in [4.78, 5) is 1.45. The van der Waals surface area contributed by atoms with Crippen molar-refractivity contribution in [2.75, 3.05) is 26.7 Å². The Kier molecular flexibility index (Phi) is 3.63. The van der Waals surface area contributed by atoms with Crippen molar-refractivity contribution >= 4 is 17.3 Å². The fraction of sp³-hybridized carbons (Fsp3) is 0.714. The summed E-state index contributed by atoms with van der Waals surface area (Å²) in [7, 11) is 0. The number of likely N-dealkylation sites (N-methyl/N-ethyl adjacent to an activating group) is 1. The first kappa shape index (κ1) is 9.08. The number of unbranched alkanes of at least 4 members (excludes halogenated alkanes) is 1. The van der Waals surface area contributed by atoms with E-state index >= 15 is 0 Å². The Labute approximate surface area is 126 Å². The average Bonchev–Trinajstić information content (AvgIpc) is 2.93. The van der Waals surface area contributed by atoms with Crippen molar-refractivity contribution in [1.29, 1.82) is 0 Å². The van der Waals surface area contributed by atoms with Crippen LogP contribution in [0.3, 0.4) is 0 Å². The van der Waals surface area contributed by atoms with Crippen LogP contribution < -0.4 is 4.74 Å². The van der Waals surface area contributed by atoms with E-state index in [4.69, 9.17) is 11.6 Å². The summed E-state index contributed by atoms with van der Waals surface area (Å²) >= 11 is 1.05. The third-order valence-electron chi connectivity index (χ3n) is 2.97. The lowest BCUT2D eigenvalue weighted by atomic mass is 10.1. The van der Waals surface area contributed by atoms with Gasteiger partial charge in [0.05, 0.1) is 18.3 Å². The lowest BCUT2D eigenvalue weighted by Gasteiger charge is -2.22. The van der Waals surface area contributed by atoms with Crippen LogP contribution in [0, 0.1) is 0 Å². The zero-order chi connectivity index (χ0) is 17.8. The smallest absolute Gasteiger partial charge is 0.253 e. The molecule has 0 amide bonds. The number of ether oxygens (including phenoxy) is 1. The second-order valence-corrected chi connectivity index (χ2v) is 5.05. The highest BCUT2D eigenvalue weighted by Gasteiger charge is 2.18. The first-order valence-corrected chi connectivity index (χ1v) is 7.30. The van der Waals surface area contributed by atoms with Crippen molar-refractivity contribution in [1.82, 2.24) is 13.6 Å². The van der Waals surface area contributed by atoms with Crippen molar-refractivity contribution in [2.24, 2.45) is 0 Å². The molecular weight excluding hydrogens is 258 g/mol. The van der Waals surface area contributed by atoms with Crippen LogP contribution in [0.15, 0.2) is 6.08 Å². The lowest BCUT2D eigenvalue weighted by molar-refractivity contribution is 0.294. The van der Waals surface area contributed by atoms with Crippen LogP contribution in [0.1, 0.15) is 51.5 Å². The number of hydrogen-bond donors (Lipinski definition) is 0. The second kappa shape index (κ2) is 7.60. The summed E-state index contributed by atoms with van der Waals surface area (Å²) in [6.45, 7) is 0.734. The predicted octanol–water partition coefficient (Wildman–Crippen LogP) is 3.22. The van der Waals surface area contributed by atoms with E-state index < -0.39 is 13.3 Å². The number of nitrogens with zero attached hydrogens (tertiary/aromatic N) is 3. The molecule has 0 spiro atoms. The summed E-state index contributed by atoms with van der Waals surface area (Å²) in [6, 6.07) is 0. The van der Waals surface area contributed by atoms with E-state index in [9.17, 15) is 0 Å². The SMILES string of the molecule is [2H]C([2H])(C)CCCCOc1nsnc1C1=CCCN(C([2H])([2H])[2H])C1. The molecule has 0 unspecified atom stereocenters. The van der Waals surface area contributed by atoms with Crippen molar-refractivity contribution in [3.8, 4) is 5.88 Å². The van der Waals surface area contributed by atoms with Gasteiger partial charge in [0.2, 0.25) is 0 Å². The molecule has 4 nitrogen and oxygen atoms in total. The minimum atomic E-state index is -2.11. The highest BCUT2D eigenvalue weighted by molar-refractivity contribution is 6.99. The third-order valence-corrected chi connectivity index (χ3v) is 3.49. The van der Waals surface area contributed by atoms with Crippen molar-refractivity contribution in [3.05, 3.63) is 11.8 Å². The van der Waals surface area contributed by atoms with Gasteiger partial charge in [-0.15, -0.1) is 4.37 Å². The topological polar surface area (TPSA) is 38.3 Å². The number of rotatable bonds is 7. The van der Waals surface area contributed by atoms with Crippen LogP contribution in [0.2, 0.25) is 0 Å². The van der Waals surface area contributed by atoms with Crippen LogP contribution in [-0.4, -0.2) is 40.3 Å². The van der Waals surface area contributed by atoms with Gasteiger partial charge in [-0.25, -0.2) is 0 Å². The van der Waals surface area contributed by atoms with Gasteiger partial charge < -0.3 is 9.64 Å². The van der Waals surface area contributed by atoms with Crippen molar-refractivity contribution in [3.63, 3.8) is 0 Å². The van der Waals surface area contributed by atoms with Gasteiger partial charge >= 0.3 is 0 Å². The predicted molar refractivity (Wildman–Crippen MR) is 79.6 cm³/mol. The minimum Gasteiger partial charge on any atom is -0.475 e. The van der Waals surface area contributed by atoms with Gasteiger partial charge in [-0.1, -0.05) is 32.2 Å². The maximum absolute atomic E-state index is 7.54. The number of aromatic nitrogens is 2. The summed E-state index contributed by atoms with van der Waals surface area (Å²) in [5.74, 6) is 0.443. The Morgan fingerprint density at radius 2 is 2.42 bits per heavy atom. The molecule has 1 aliphatic heterocycles. The van der Waals surface area contributed by atoms with Crippen LogP contribution in [-0.2, 0) is 0 Å². The van der Waals surface area contributed by atoms with E-state index in [1.807, 2.05) is 6.08 Å². The Bertz CT molecular complexity index is 567. The molecule has 0 atom stereocenters. The van der Waals surface area contributed by atoms with Gasteiger partial charge in [-0.05, 0) is 25.4 Å². The third kappa shape index (κ3) is 4.28. The van der Waals surface area contributed by atoms with Crippen LogP contribution in [0.5, 0.6) is 5.88 Å². The molecule has 1 aromatic rings. The molecule has 1 aromatic heterocycles. The highest BCUT2D eigenvalue weighted by atomic mass is 32.1. The molecule has 0 radical (unpaired) electrons. The Hall–Kier alpha value is -0.940. The molecule has 0 N–H and O–H groups in total. The van der Waals surface area contributed by atoms with Gasteiger partial charge in [-0.2, -0.15) is 4.37 Å². The maximum atomic E-state index is 7.54. The molecule has 0 aliphatic carbocycles. The molecule has 0 bridgehead atoms. The van der Waals surface area contributed by atoms with Crippen molar-refractivity contribution in [2.45, 2.75) is 39.0 Å². The van der Waals surface area contributed by atoms with Crippen LogP contribution >= 0.6 is 11.7 Å². The van der Waals surface area contributed by atoms with Gasteiger partial charge in [0.15, 0.2) is 0 Å². The molecule has 0 fully saturated rings. The van der Waals surface area contributed by atoms with E-state index in [2.05, 4.69) is 8.75 Å². The number of hydrogen-bond acceptors (Lipinski definition) is 5. The zero-order valence-electron chi connectivity index (χ0n) is 16.2. The van der Waals surface area contributed by atoms with E-state index in [1.165, 1.54) is 4.90 Å². The van der Waals surface area contributed by atoms with Gasteiger partial charge in [0.25, 0.3) is 5.88 Å². The molecule has 1 aliphatic rings. The van der Waals surface area contributed by atoms with Crippen LogP contribution in [0.25, 0.3) is 5.57 Å². The maximum Gasteiger partial charge on any atom is 0.253 e. The lowest BCUT2D eigenvalue weighted by Crippen LogP contribution is -2.25. The molecule has 0 saturated heterocycles. The fourth-order valence-electron chi connectivity index (χ4n) is 1.96. The van der Waals surface area contributed by atoms with E-state index in [-0.39, 0.29) is 0 Å². The van der Waals surface area contributed by atoms with Gasteiger partial charge in [-0.3, -0.25) is 0 Å². The second-order valence-electron chi connectivity index (χ2n) is 4.52. The summed E-state index contributed by atoms with van der Waals surface area (Å²) in [5.41, 5.74) is 1.46. The standard InChI is InChI=1S/C14H23N3OS/c1-3-4-5-6-10-18-14-13(15-19-16-14)12-8-7-9-17(2)11-12/h8H,3-7,9-11H2,1-2H3/i2D3,3D2. The average molecular weight is 286 g/mol. The van der Waals surface area contributed by atoms with Crippen LogP contribution in [0.4, 0.5) is 0 Å². The summed E-state index contributed by atoms with van der Waals surface area (Å²) in [6.07, 6.45) is 3.49. The van der Waals surface area contributed by atoms with E-state index in [1.54, 1.807) is 6.92 Å². The fourth-order valence-corrected chi connectivity index (χ4v) is 2.49. The van der Waals surface area contributed by atoms with Crippen molar-refractivity contribution < 1.29 is 11.6 Å². The molecule has 2 heterocycles. The molecule has 19 heavy (non-hydrogen) atoms. The molecule has 0 aromatic carbocycles. The summed E-state index contributed by atoms with van der Waals surface area (Å²) in [5, 5.41) is 0. The first-order valence-electron chi connectivity index (χ1n) is 9.07. The van der Waals surface area contributed by atoms with E-state index in [0.717, 1.165) is 30.1 Å². The van der Waals surface area contributed by atoms with E-state index in [0.29, 0.717) is 44.1 Å². The normalized spacial score (nSPS) is 21.7. The largest absolute Gasteiger partial charge is 0.475 e.